The number of hydrogen-bond acceptors (Lipinski definition) is 4. The van der Waals surface area contributed by atoms with Crippen LogP contribution < -0.4 is 10.1 Å². The summed E-state index contributed by atoms with van der Waals surface area (Å²) in [6, 6.07) is 9.45. The summed E-state index contributed by atoms with van der Waals surface area (Å²) in [5, 5.41) is 9.85. The van der Waals surface area contributed by atoms with Gasteiger partial charge in [-0.15, -0.1) is 0 Å². The Kier molecular flexibility index (Phi) is 6.68. The van der Waals surface area contributed by atoms with Crippen LogP contribution in [-0.4, -0.2) is 47.1 Å². The maximum absolute atomic E-state index is 12.6. The number of nitrogens with one attached hydrogen (secondary N) is 2. The monoisotopic (exact) mass is 384 g/mol. The fourth-order valence-electron chi connectivity index (χ4n) is 3.58. The molecule has 3 rings (SSSR count). The smallest absolute Gasteiger partial charge is 0.274 e. The molecule has 1 fully saturated rings. The standard InChI is InChI=1S/C21H28N4O3/c1-15-11-19(24-23-15)21(27)25-10-4-6-16(14-25)8-9-20(26)22-13-17-5-3-7-18(12-17)28-2/h3,5,7,11-12,16H,4,6,8-10,13-14H2,1-2H3,(H,22,26)(H,23,24)/t16-/m1/s1. The molecular formula is C21H28N4O3. The number of hydrogen-bond donors (Lipinski definition) is 2. The molecule has 0 bridgehead atoms. The van der Waals surface area contributed by atoms with Crippen LogP contribution in [0.2, 0.25) is 0 Å². The lowest BCUT2D eigenvalue weighted by Crippen LogP contribution is -2.40. The molecule has 2 heterocycles. The Morgan fingerprint density at radius 3 is 2.96 bits per heavy atom. The van der Waals surface area contributed by atoms with Gasteiger partial charge in [0.1, 0.15) is 11.4 Å². The van der Waals surface area contributed by atoms with Gasteiger partial charge >= 0.3 is 0 Å². The highest BCUT2D eigenvalue weighted by molar-refractivity contribution is 5.92. The van der Waals surface area contributed by atoms with Crippen LogP contribution in [0, 0.1) is 12.8 Å². The van der Waals surface area contributed by atoms with Crippen LogP contribution >= 0.6 is 0 Å². The zero-order valence-corrected chi connectivity index (χ0v) is 16.5. The Balaban J connectivity index is 1.43. The number of aromatic amines is 1. The van der Waals surface area contributed by atoms with Crippen LogP contribution in [0.3, 0.4) is 0 Å². The average molecular weight is 384 g/mol. The van der Waals surface area contributed by atoms with E-state index in [9.17, 15) is 9.59 Å². The number of piperidine rings is 1. The van der Waals surface area contributed by atoms with E-state index in [4.69, 9.17) is 4.74 Å². The van der Waals surface area contributed by atoms with Gasteiger partial charge in [0.15, 0.2) is 0 Å². The van der Waals surface area contributed by atoms with Crippen molar-refractivity contribution in [2.45, 2.75) is 39.2 Å². The van der Waals surface area contributed by atoms with Crippen molar-refractivity contribution in [1.29, 1.82) is 0 Å². The maximum Gasteiger partial charge on any atom is 0.274 e. The van der Waals surface area contributed by atoms with Gasteiger partial charge < -0.3 is 15.0 Å². The summed E-state index contributed by atoms with van der Waals surface area (Å²) in [6.07, 6.45) is 3.27. The number of carbonyl (C=O) groups is 2. The molecule has 0 radical (unpaired) electrons. The molecule has 150 valence electrons. The minimum absolute atomic E-state index is 0.0310. The number of likely N-dealkylation sites (tertiary alicyclic amines) is 1. The number of amides is 2. The van der Waals surface area contributed by atoms with E-state index >= 15 is 0 Å². The summed E-state index contributed by atoms with van der Waals surface area (Å²) in [4.78, 5) is 26.6. The molecule has 1 aliphatic rings. The third kappa shape index (κ3) is 5.34. The van der Waals surface area contributed by atoms with Crippen molar-refractivity contribution >= 4 is 11.8 Å². The van der Waals surface area contributed by atoms with Crippen molar-refractivity contribution in [1.82, 2.24) is 20.4 Å². The molecule has 1 saturated heterocycles. The molecule has 0 unspecified atom stereocenters. The van der Waals surface area contributed by atoms with E-state index in [1.54, 1.807) is 13.2 Å². The molecular weight excluding hydrogens is 356 g/mol. The first-order valence-corrected chi connectivity index (χ1v) is 9.76. The third-order valence-electron chi connectivity index (χ3n) is 5.13. The highest BCUT2D eigenvalue weighted by Crippen LogP contribution is 2.22. The molecule has 0 saturated carbocycles. The summed E-state index contributed by atoms with van der Waals surface area (Å²) in [5.41, 5.74) is 2.36. The van der Waals surface area contributed by atoms with Gasteiger partial charge in [-0.1, -0.05) is 12.1 Å². The highest BCUT2D eigenvalue weighted by atomic mass is 16.5. The number of aromatic nitrogens is 2. The first-order valence-electron chi connectivity index (χ1n) is 9.76. The fraction of sp³-hybridized carbons (Fsp3) is 0.476. The van der Waals surface area contributed by atoms with Gasteiger partial charge in [-0.25, -0.2) is 0 Å². The molecule has 1 aliphatic heterocycles. The Morgan fingerprint density at radius 2 is 2.21 bits per heavy atom. The van der Waals surface area contributed by atoms with E-state index in [1.807, 2.05) is 36.1 Å². The van der Waals surface area contributed by atoms with Gasteiger partial charge in [-0.05, 0) is 55.9 Å². The van der Waals surface area contributed by atoms with Crippen LogP contribution in [0.4, 0.5) is 0 Å². The second-order valence-corrected chi connectivity index (χ2v) is 7.36. The molecule has 2 N–H and O–H groups in total. The van der Waals surface area contributed by atoms with Gasteiger partial charge in [0.2, 0.25) is 5.91 Å². The van der Waals surface area contributed by atoms with E-state index in [0.717, 1.165) is 42.8 Å². The van der Waals surface area contributed by atoms with Crippen molar-refractivity contribution in [3.63, 3.8) is 0 Å². The minimum Gasteiger partial charge on any atom is -0.497 e. The lowest BCUT2D eigenvalue weighted by Gasteiger charge is -2.32. The molecule has 28 heavy (non-hydrogen) atoms. The number of nitrogens with zero attached hydrogens (tertiary/aromatic N) is 2. The summed E-state index contributed by atoms with van der Waals surface area (Å²) in [5.74, 6) is 1.14. The molecule has 0 aliphatic carbocycles. The van der Waals surface area contributed by atoms with Crippen molar-refractivity contribution in [2.24, 2.45) is 5.92 Å². The van der Waals surface area contributed by atoms with E-state index in [0.29, 0.717) is 31.1 Å². The Morgan fingerprint density at radius 1 is 1.36 bits per heavy atom. The predicted octanol–water partition coefficient (Wildman–Crippen LogP) is 2.68. The zero-order valence-electron chi connectivity index (χ0n) is 16.5. The van der Waals surface area contributed by atoms with Crippen LogP contribution in [0.5, 0.6) is 5.75 Å². The number of H-pyrrole nitrogens is 1. The molecule has 7 heteroatoms. The third-order valence-corrected chi connectivity index (χ3v) is 5.13. The summed E-state index contributed by atoms with van der Waals surface area (Å²) < 4.78 is 5.20. The molecule has 2 aromatic rings. The first-order chi connectivity index (χ1) is 13.5. The normalized spacial score (nSPS) is 16.6. The van der Waals surface area contributed by atoms with Gasteiger partial charge in [-0.2, -0.15) is 5.10 Å². The lowest BCUT2D eigenvalue weighted by atomic mass is 9.93. The maximum atomic E-state index is 12.6. The number of methoxy groups -OCH3 is 1. The Hall–Kier alpha value is -2.83. The summed E-state index contributed by atoms with van der Waals surface area (Å²) in [6.45, 7) is 3.81. The van der Waals surface area contributed by atoms with Gasteiger partial charge in [0.05, 0.1) is 7.11 Å². The van der Waals surface area contributed by atoms with Crippen molar-refractivity contribution < 1.29 is 14.3 Å². The molecule has 7 nitrogen and oxygen atoms in total. The molecule has 1 aromatic heterocycles. The first kappa shape index (κ1) is 19.9. The van der Waals surface area contributed by atoms with E-state index in [-0.39, 0.29) is 11.8 Å². The van der Waals surface area contributed by atoms with Crippen molar-refractivity contribution in [3.8, 4) is 5.75 Å². The fourth-order valence-corrected chi connectivity index (χ4v) is 3.58. The molecule has 2 amide bonds. The van der Waals surface area contributed by atoms with Gasteiger partial charge in [0, 0.05) is 31.7 Å². The predicted molar refractivity (Wildman–Crippen MR) is 106 cm³/mol. The molecule has 1 aromatic carbocycles. The lowest BCUT2D eigenvalue weighted by molar-refractivity contribution is -0.121. The average Bonchev–Trinajstić information content (AvgIpc) is 3.16. The van der Waals surface area contributed by atoms with Crippen LogP contribution in [-0.2, 0) is 11.3 Å². The number of aryl methyl sites for hydroxylation is 1. The van der Waals surface area contributed by atoms with E-state index < -0.39 is 0 Å². The minimum atomic E-state index is -0.0310. The summed E-state index contributed by atoms with van der Waals surface area (Å²) in [7, 11) is 1.63. The van der Waals surface area contributed by atoms with Crippen molar-refractivity contribution in [2.75, 3.05) is 20.2 Å². The second kappa shape index (κ2) is 9.39. The van der Waals surface area contributed by atoms with Gasteiger partial charge in [-0.3, -0.25) is 14.7 Å². The number of carbonyl (C=O) groups excluding carboxylic acids is 2. The quantitative estimate of drug-likeness (QED) is 0.768. The topological polar surface area (TPSA) is 87.3 Å². The number of rotatable bonds is 7. The van der Waals surface area contributed by atoms with Crippen LogP contribution in [0.1, 0.15) is 47.4 Å². The Bertz CT molecular complexity index is 817. The van der Waals surface area contributed by atoms with E-state index in [2.05, 4.69) is 15.5 Å². The Labute approximate surface area is 165 Å². The largest absolute Gasteiger partial charge is 0.497 e. The van der Waals surface area contributed by atoms with Crippen molar-refractivity contribution in [3.05, 3.63) is 47.3 Å². The second-order valence-electron chi connectivity index (χ2n) is 7.36. The van der Waals surface area contributed by atoms with Crippen LogP contribution in [0.25, 0.3) is 0 Å². The summed E-state index contributed by atoms with van der Waals surface area (Å²) >= 11 is 0. The molecule has 0 spiro atoms. The van der Waals surface area contributed by atoms with Crippen LogP contribution in [0.15, 0.2) is 30.3 Å². The number of benzene rings is 1. The number of ether oxygens (including phenoxy) is 1. The zero-order chi connectivity index (χ0) is 19.9. The molecule has 1 atom stereocenters. The highest BCUT2D eigenvalue weighted by Gasteiger charge is 2.26. The van der Waals surface area contributed by atoms with E-state index in [1.165, 1.54) is 0 Å². The SMILES string of the molecule is COc1cccc(CNC(=O)CC[C@H]2CCCN(C(=O)c3cc(C)[nH]n3)C2)c1. The van der Waals surface area contributed by atoms with Gasteiger partial charge in [0.25, 0.3) is 5.91 Å².